The lowest BCUT2D eigenvalue weighted by atomic mass is 10.3. The summed E-state index contributed by atoms with van der Waals surface area (Å²) in [6.07, 6.45) is 1.81. The van der Waals surface area contributed by atoms with Crippen molar-refractivity contribution in [2.45, 2.75) is 23.8 Å². The fourth-order valence-corrected chi connectivity index (χ4v) is 4.01. The molecule has 0 aliphatic heterocycles. The van der Waals surface area contributed by atoms with Gasteiger partial charge in [0, 0.05) is 28.2 Å². The lowest BCUT2D eigenvalue weighted by Gasteiger charge is -2.12. The molecule has 28 heavy (non-hydrogen) atoms. The quantitative estimate of drug-likeness (QED) is 0.409. The first-order valence-corrected chi connectivity index (χ1v) is 10.4. The molecule has 0 unspecified atom stereocenters. The SMILES string of the molecule is Cc1cccc(Sc2cnc(Nc3nc(C)cs3)c(Oc3ccccc3)c2)n1. The summed E-state index contributed by atoms with van der Waals surface area (Å²) in [6, 6.07) is 17.6. The van der Waals surface area contributed by atoms with Crippen LogP contribution >= 0.6 is 23.1 Å². The minimum Gasteiger partial charge on any atom is -0.453 e. The maximum absolute atomic E-state index is 6.11. The molecule has 0 spiro atoms. The van der Waals surface area contributed by atoms with Crippen LogP contribution in [0.15, 0.2) is 76.1 Å². The highest BCUT2D eigenvalue weighted by Gasteiger charge is 2.12. The number of aryl methyl sites for hydroxylation is 2. The molecular weight excluding hydrogens is 388 g/mol. The van der Waals surface area contributed by atoms with E-state index in [0.29, 0.717) is 11.6 Å². The molecular formula is C21H18N4OS2. The van der Waals surface area contributed by atoms with E-state index in [2.05, 4.69) is 20.3 Å². The van der Waals surface area contributed by atoms with E-state index in [1.807, 2.05) is 80.0 Å². The fourth-order valence-electron chi connectivity index (χ4n) is 2.48. The third kappa shape index (κ3) is 4.68. The Morgan fingerprint density at radius 3 is 2.57 bits per heavy atom. The van der Waals surface area contributed by atoms with Crippen LogP contribution in [0.4, 0.5) is 10.9 Å². The number of ether oxygens (including phenoxy) is 1. The van der Waals surface area contributed by atoms with Gasteiger partial charge in [-0.3, -0.25) is 0 Å². The first kappa shape index (κ1) is 18.5. The monoisotopic (exact) mass is 406 g/mol. The normalized spacial score (nSPS) is 10.6. The number of hydrogen-bond donors (Lipinski definition) is 1. The van der Waals surface area contributed by atoms with Gasteiger partial charge >= 0.3 is 0 Å². The van der Waals surface area contributed by atoms with Crippen molar-refractivity contribution in [1.29, 1.82) is 0 Å². The molecule has 0 saturated carbocycles. The summed E-state index contributed by atoms with van der Waals surface area (Å²) in [6.45, 7) is 3.94. The van der Waals surface area contributed by atoms with Crippen molar-refractivity contribution in [2.24, 2.45) is 0 Å². The maximum Gasteiger partial charge on any atom is 0.188 e. The topological polar surface area (TPSA) is 59.9 Å². The fraction of sp³-hybridized carbons (Fsp3) is 0.0952. The Kier molecular flexibility index (Phi) is 5.55. The molecule has 0 saturated heterocycles. The molecule has 4 rings (SSSR count). The van der Waals surface area contributed by atoms with Crippen molar-refractivity contribution in [3.05, 3.63) is 77.6 Å². The Bertz CT molecular complexity index is 1080. The summed E-state index contributed by atoms with van der Waals surface area (Å²) in [5, 5.41) is 6.96. The first-order valence-electron chi connectivity index (χ1n) is 8.69. The van der Waals surface area contributed by atoms with E-state index < -0.39 is 0 Å². The smallest absolute Gasteiger partial charge is 0.188 e. The molecule has 0 fully saturated rings. The van der Waals surface area contributed by atoms with Gasteiger partial charge in [0.05, 0.1) is 5.69 Å². The van der Waals surface area contributed by atoms with E-state index in [0.717, 1.165) is 32.2 Å². The van der Waals surface area contributed by atoms with E-state index in [1.54, 1.807) is 11.8 Å². The molecule has 1 N–H and O–H groups in total. The van der Waals surface area contributed by atoms with Crippen LogP contribution in [-0.2, 0) is 0 Å². The van der Waals surface area contributed by atoms with Crippen LogP contribution in [0, 0.1) is 13.8 Å². The molecule has 0 atom stereocenters. The van der Waals surface area contributed by atoms with Gasteiger partial charge in [-0.05, 0) is 38.1 Å². The average Bonchev–Trinajstić information content (AvgIpc) is 3.09. The summed E-state index contributed by atoms with van der Waals surface area (Å²) < 4.78 is 6.11. The van der Waals surface area contributed by atoms with E-state index in [-0.39, 0.29) is 0 Å². The Morgan fingerprint density at radius 2 is 1.82 bits per heavy atom. The molecule has 4 aromatic rings. The highest BCUT2D eigenvalue weighted by atomic mass is 32.2. The Labute approximate surface area is 171 Å². The molecule has 140 valence electrons. The maximum atomic E-state index is 6.11. The number of aromatic nitrogens is 3. The number of nitrogens with zero attached hydrogens (tertiary/aromatic N) is 3. The van der Waals surface area contributed by atoms with Crippen molar-refractivity contribution in [3.8, 4) is 11.5 Å². The molecule has 0 amide bonds. The number of nitrogens with one attached hydrogen (secondary N) is 1. The predicted octanol–water partition coefficient (Wildman–Crippen LogP) is 6.24. The molecule has 3 aromatic heterocycles. The lowest BCUT2D eigenvalue weighted by molar-refractivity contribution is 0.481. The van der Waals surface area contributed by atoms with Crippen molar-refractivity contribution in [3.63, 3.8) is 0 Å². The zero-order valence-electron chi connectivity index (χ0n) is 15.4. The molecule has 1 aromatic carbocycles. The summed E-state index contributed by atoms with van der Waals surface area (Å²) in [5.41, 5.74) is 1.95. The minimum absolute atomic E-state index is 0.625. The van der Waals surface area contributed by atoms with Crippen LogP contribution in [0.5, 0.6) is 11.5 Å². The predicted molar refractivity (Wildman–Crippen MR) is 114 cm³/mol. The zero-order valence-corrected chi connectivity index (χ0v) is 17.1. The zero-order chi connectivity index (χ0) is 19.3. The first-order chi connectivity index (χ1) is 13.7. The number of thiazole rings is 1. The molecule has 3 heterocycles. The van der Waals surface area contributed by atoms with Gasteiger partial charge in [0.2, 0.25) is 0 Å². The summed E-state index contributed by atoms with van der Waals surface area (Å²) in [4.78, 5) is 14.5. The number of para-hydroxylation sites is 1. The largest absolute Gasteiger partial charge is 0.453 e. The average molecular weight is 407 g/mol. The Morgan fingerprint density at radius 1 is 0.964 bits per heavy atom. The third-order valence-electron chi connectivity index (χ3n) is 3.73. The molecule has 0 radical (unpaired) electrons. The molecule has 5 nitrogen and oxygen atoms in total. The number of hydrogen-bond acceptors (Lipinski definition) is 7. The van der Waals surface area contributed by atoms with Crippen LogP contribution in [0.2, 0.25) is 0 Å². The lowest BCUT2D eigenvalue weighted by Crippen LogP contribution is -1.98. The summed E-state index contributed by atoms with van der Waals surface area (Å²) in [7, 11) is 0. The van der Waals surface area contributed by atoms with Crippen LogP contribution in [0.1, 0.15) is 11.4 Å². The van der Waals surface area contributed by atoms with Gasteiger partial charge < -0.3 is 10.1 Å². The minimum atomic E-state index is 0.625. The number of pyridine rings is 2. The van der Waals surface area contributed by atoms with Gasteiger partial charge in [0.25, 0.3) is 0 Å². The van der Waals surface area contributed by atoms with E-state index in [1.165, 1.54) is 11.3 Å². The standard InChI is InChI=1S/C21H18N4OS2/c1-14-7-6-10-19(23-14)28-17-11-18(26-16-8-4-3-5-9-16)20(22-12-17)25-21-24-15(2)13-27-21/h3-13H,1-2H3,(H,22,24,25). The summed E-state index contributed by atoms with van der Waals surface area (Å²) >= 11 is 3.09. The Hall–Kier alpha value is -2.90. The van der Waals surface area contributed by atoms with Crippen molar-refractivity contribution in [1.82, 2.24) is 15.0 Å². The second-order valence-electron chi connectivity index (χ2n) is 6.07. The van der Waals surface area contributed by atoms with Gasteiger partial charge in [0.1, 0.15) is 10.8 Å². The second-order valence-corrected chi connectivity index (χ2v) is 8.02. The molecule has 0 aliphatic rings. The second kappa shape index (κ2) is 8.41. The van der Waals surface area contributed by atoms with Crippen LogP contribution in [-0.4, -0.2) is 15.0 Å². The molecule has 7 heteroatoms. The van der Waals surface area contributed by atoms with E-state index in [9.17, 15) is 0 Å². The van der Waals surface area contributed by atoms with Crippen LogP contribution in [0.25, 0.3) is 0 Å². The van der Waals surface area contributed by atoms with E-state index >= 15 is 0 Å². The van der Waals surface area contributed by atoms with Gasteiger partial charge in [-0.1, -0.05) is 36.0 Å². The van der Waals surface area contributed by atoms with Gasteiger partial charge in [-0.15, -0.1) is 11.3 Å². The van der Waals surface area contributed by atoms with Crippen LogP contribution < -0.4 is 10.1 Å². The number of anilines is 2. The van der Waals surface area contributed by atoms with Gasteiger partial charge in [-0.25, -0.2) is 15.0 Å². The summed E-state index contributed by atoms with van der Waals surface area (Å²) in [5.74, 6) is 2.01. The molecule has 0 bridgehead atoms. The molecule has 0 aliphatic carbocycles. The van der Waals surface area contributed by atoms with Crippen molar-refractivity contribution in [2.75, 3.05) is 5.32 Å². The van der Waals surface area contributed by atoms with Crippen molar-refractivity contribution >= 4 is 34.0 Å². The highest BCUT2D eigenvalue weighted by molar-refractivity contribution is 7.99. The third-order valence-corrected chi connectivity index (χ3v) is 5.50. The Balaban J connectivity index is 1.65. The number of rotatable bonds is 6. The van der Waals surface area contributed by atoms with Crippen LogP contribution in [0.3, 0.4) is 0 Å². The van der Waals surface area contributed by atoms with Crippen molar-refractivity contribution < 1.29 is 4.74 Å². The van der Waals surface area contributed by atoms with Gasteiger partial charge in [-0.2, -0.15) is 0 Å². The van der Waals surface area contributed by atoms with E-state index in [4.69, 9.17) is 4.74 Å². The van der Waals surface area contributed by atoms with Gasteiger partial charge in [0.15, 0.2) is 16.7 Å². The highest BCUT2D eigenvalue weighted by Crippen LogP contribution is 2.36. The number of benzene rings is 1.